The second-order valence-corrected chi connectivity index (χ2v) is 7.70. The molecule has 0 saturated heterocycles. The monoisotopic (exact) mass is 375 g/mol. The van der Waals surface area contributed by atoms with Crippen LogP contribution in [0.4, 0.5) is 4.39 Å². The van der Waals surface area contributed by atoms with E-state index in [-0.39, 0.29) is 5.82 Å². The first-order valence-electron chi connectivity index (χ1n) is 9.53. The lowest BCUT2D eigenvalue weighted by Gasteiger charge is -2.41. The Labute approximate surface area is 162 Å². The summed E-state index contributed by atoms with van der Waals surface area (Å²) < 4.78 is 15.8. The highest BCUT2D eigenvalue weighted by Gasteiger charge is 2.34. The third kappa shape index (κ3) is 2.72. The lowest BCUT2D eigenvalue weighted by Crippen LogP contribution is -2.41. The molecule has 5 nitrogen and oxygen atoms in total. The molecular weight excluding hydrogens is 353 g/mol. The highest BCUT2D eigenvalue weighted by molar-refractivity contribution is 5.95. The fraction of sp³-hybridized carbons (Fsp3) is 0.273. The van der Waals surface area contributed by atoms with Crippen molar-refractivity contribution in [3.05, 3.63) is 60.9 Å². The Balaban J connectivity index is 1.67. The molecule has 4 aromatic rings. The van der Waals surface area contributed by atoms with Crippen LogP contribution in [0.3, 0.4) is 0 Å². The number of hydrogen-bond acceptors (Lipinski definition) is 3. The second-order valence-electron chi connectivity index (χ2n) is 7.70. The van der Waals surface area contributed by atoms with Gasteiger partial charge in [0, 0.05) is 41.0 Å². The van der Waals surface area contributed by atoms with E-state index in [0.717, 1.165) is 46.4 Å². The largest absolute Gasteiger partial charge is 0.346 e. The molecule has 1 aliphatic rings. The van der Waals surface area contributed by atoms with Gasteiger partial charge in [-0.2, -0.15) is 0 Å². The Bertz CT molecular complexity index is 1120. The molecule has 0 unspecified atom stereocenters. The maximum atomic E-state index is 13.5. The number of imidazole rings is 1. The molecule has 3 heterocycles. The minimum Gasteiger partial charge on any atom is -0.346 e. The molecule has 3 aromatic heterocycles. The van der Waals surface area contributed by atoms with Crippen LogP contribution < -0.4 is 0 Å². The van der Waals surface area contributed by atoms with Crippen LogP contribution >= 0.6 is 0 Å². The SMILES string of the molecule is CN(C)C1CC(n2cnc(-c3ccc(F)cc3)c2-c2ccnc3[nH]ccc23)C1. The lowest BCUT2D eigenvalue weighted by molar-refractivity contribution is 0.130. The van der Waals surface area contributed by atoms with Crippen molar-refractivity contribution in [1.82, 2.24) is 24.4 Å². The number of H-pyrrole nitrogens is 1. The highest BCUT2D eigenvalue weighted by atomic mass is 19.1. The highest BCUT2D eigenvalue weighted by Crippen LogP contribution is 2.42. The van der Waals surface area contributed by atoms with Crippen molar-refractivity contribution < 1.29 is 4.39 Å². The van der Waals surface area contributed by atoms with Crippen LogP contribution in [0.5, 0.6) is 0 Å². The van der Waals surface area contributed by atoms with E-state index in [9.17, 15) is 4.39 Å². The Kier molecular flexibility index (Phi) is 4.02. The summed E-state index contributed by atoms with van der Waals surface area (Å²) in [6.07, 6.45) is 7.86. The number of hydrogen-bond donors (Lipinski definition) is 1. The van der Waals surface area contributed by atoms with Crippen molar-refractivity contribution >= 4 is 11.0 Å². The van der Waals surface area contributed by atoms with Crippen molar-refractivity contribution in [3.8, 4) is 22.5 Å². The Morgan fingerprint density at radius 3 is 2.61 bits per heavy atom. The molecule has 6 heteroatoms. The van der Waals surface area contributed by atoms with Gasteiger partial charge < -0.3 is 14.5 Å². The summed E-state index contributed by atoms with van der Waals surface area (Å²) in [6.45, 7) is 0. The molecule has 5 rings (SSSR count). The molecule has 1 fully saturated rings. The molecule has 0 radical (unpaired) electrons. The quantitative estimate of drug-likeness (QED) is 0.571. The third-order valence-corrected chi connectivity index (χ3v) is 5.84. The number of pyridine rings is 1. The van der Waals surface area contributed by atoms with Gasteiger partial charge in [-0.1, -0.05) is 0 Å². The van der Waals surface area contributed by atoms with Gasteiger partial charge in [0.15, 0.2) is 0 Å². The van der Waals surface area contributed by atoms with Crippen molar-refractivity contribution in [2.75, 3.05) is 14.1 Å². The van der Waals surface area contributed by atoms with Gasteiger partial charge in [0.05, 0.1) is 17.7 Å². The topological polar surface area (TPSA) is 49.7 Å². The van der Waals surface area contributed by atoms with Crippen LogP contribution in [0.1, 0.15) is 18.9 Å². The zero-order valence-corrected chi connectivity index (χ0v) is 15.9. The molecule has 0 aliphatic heterocycles. The standard InChI is InChI=1S/C22H22FN5/c1-27(2)16-11-17(12-16)28-13-26-20(14-3-5-15(23)6-4-14)21(28)18-7-9-24-22-19(18)8-10-25-22/h3-10,13,16-17H,11-12H2,1-2H3,(H,24,25). The van der Waals surface area contributed by atoms with Crippen LogP contribution in [0.25, 0.3) is 33.5 Å². The van der Waals surface area contributed by atoms with E-state index < -0.39 is 0 Å². The predicted molar refractivity (Wildman–Crippen MR) is 108 cm³/mol. The smallest absolute Gasteiger partial charge is 0.137 e. The second kappa shape index (κ2) is 6.56. The maximum Gasteiger partial charge on any atom is 0.137 e. The maximum absolute atomic E-state index is 13.5. The Morgan fingerprint density at radius 2 is 1.86 bits per heavy atom. The van der Waals surface area contributed by atoms with Crippen molar-refractivity contribution in [3.63, 3.8) is 0 Å². The van der Waals surface area contributed by atoms with E-state index in [4.69, 9.17) is 4.98 Å². The number of benzene rings is 1. The molecule has 1 N–H and O–H groups in total. The summed E-state index contributed by atoms with van der Waals surface area (Å²) in [5.74, 6) is -0.241. The zero-order chi connectivity index (χ0) is 19.3. The fourth-order valence-corrected chi connectivity index (χ4v) is 4.10. The predicted octanol–water partition coefficient (Wildman–Crippen LogP) is 4.50. The lowest BCUT2D eigenvalue weighted by atomic mass is 9.85. The van der Waals surface area contributed by atoms with Crippen LogP contribution in [-0.4, -0.2) is 44.6 Å². The van der Waals surface area contributed by atoms with E-state index in [2.05, 4.69) is 33.5 Å². The number of nitrogens with one attached hydrogen (secondary N) is 1. The number of fused-ring (bicyclic) bond motifs is 1. The molecule has 28 heavy (non-hydrogen) atoms. The number of rotatable bonds is 4. The fourth-order valence-electron chi connectivity index (χ4n) is 4.10. The first-order chi connectivity index (χ1) is 13.6. The van der Waals surface area contributed by atoms with E-state index in [0.29, 0.717) is 12.1 Å². The summed E-state index contributed by atoms with van der Waals surface area (Å²) in [6, 6.07) is 11.7. The summed E-state index contributed by atoms with van der Waals surface area (Å²) in [7, 11) is 4.26. The number of aromatic nitrogens is 4. The summed E-state index contributed by atoms with van der Waals surface area (Å²) in [5, 5.41) is 1.07. The van der Waals surface area contributed by atoms with E-state index >= 15 is 0 Å². The molecule has 0 amide bonds. The first-order valence-corrected chi connectivity index (χ1v) is 9.53. The average molecular weight is 375 g/mol. The van der Waals surface area contributed by atoms with Crippen molar-refractivity contribution in [1.29, 1.82) is 0 Å². The van der Waals surface area contributed by atoms with Gasteiger partial charge in [-0.25, -0.2) is 14.4 Å². The number of halogens is 1. The van der Waals surface area contributed by atoms with Gasteiger partial charge in [-0.3, -0.25) is 0 Å². The minimum absolute atomic E-state index is 0.241. The van der Waals surface area contributed by atoms with Crippen LogP contribution in [0, 0.1) is 5.82 Å². The molecule has 0 atom stereocenters. The van der Waals surface area contributed by atoms with Gasteiger partial charge >= 0.3 is 0 Å². The molecule has 0 spiro atoms. The van der Waals surface area contributed by atoms with Gasteiger partial charge in [0.2, 0.25) is 0 Å². The summed E-state index contributed by atoms with van der Waals surface area (Å²) >= 11 is 0. The molecule has 142 valence electrons. The molecule has 0 bridgehead atoms. The number of aromatic amines is 1. The molecule has 1 saturated carbocycles. The van der Waals surface area contributed by atoms with Gasteiger partial charge in [0.1, 0.15) is 11.5 Å². The number of nitrogens with zero attached hydrogens (tertiary/aromatic N) is 4. The van der Waals surface area contributed by atoms with Crippen LogP contribution in [0.15, 0.2) is 55.1 Å². The van der Waals surface area contributed by atoms with Gasteiger partial charge in [0.25, 0.3) is 0 Å². The molecule has 1 aromatic carbocycles. The molecule has 1 aliphatic carbocycles. The zero-order valence-electron chi connectivity index (χ0n) is 15.9. The minimum atomic E-state index is -0.241. The van der Waals surface area contributed by atoms with Crippen molar-refractivity contribution in [2.24, 2.45) is 0 Å². The average Bonchev–Trinajstić information content (AvgIpc) is 3.28. The third-order valence-electron chi connectivity index (χ3n) is 5.84. The summed E-state index contributed by atoms with van der Waals surface area (Å²) in [5.41, 5.74) is 4.81. The Morgan fingerprint density at radius 1 is 1.07 bits per heavy atom. The van der Waals surface area contributed by atoms with Crippen LogP contribution in [-0.2, 0) is 0 Å². The summed E-state index contributed by atoms with van der Waals surface area (Å²) in [4.78, 5) is 14.7. The first kappa shape index (κ1) is 17.1. The van der Waals surface area contributed by atoms with E-state index in [1.165, 1.54) is 12.1 Å². The van der Waals surface area contributed by atoms with Gasteiger partial charge in [-0.15, -0.1) is 0 Å². The van der Waals surface area contributed by atoms with E-state index in [1.807, 2.05) is 30.9 Å². The normalized spacial score (nSPS) is 19.3. The molecular formula is C22H22FN5. The van der Waals surface area contributed by atoms with Crippen LogP contribution in [0.2, 0.25) is 0 Å². The Hall–Kier alpha value is -2.99. The van der Waals surface area contributed by atoms with Crippen molar-refractivity contribution in [2.45, 2.75) is 24.9 Å². The van der Waals surface area contributed by atoms with E-state index in [1.54, 1.807) is 12.1 Å². The van der Waals surface area contributed by atoms with Gasteiger partial charge in [-0.05, 0) is 63.3 Å².